The Labute approximate surface area is 108 Å². The Hall–Kier alpha value is -1.77. The number of rotatable bonds is 4. The van der Waals surface area contributed by atoms with Crippen LogP contribution in [0, 0.1) is 5.82 Å². The number of benzene rings is 2. The summed E-state index contributed by atoms with van der Waals surface area (Å²) in [5, 5.41) is 0. The van der Waals surface area contributed by atoms with Gasteiger partial charge in [-0.25, -0.2) is 4.39 Å². The van der Waals surface area contributed by atoms with Crippen LogP contribution in [0.15, 0.2) is 48.5 Å². The van der Waals surface area contributed by atoms with Gasteiger partial charge in [-0.15, -0.1) is 0 Å². The lowest BCUT2D eigenvalue weighted by Crippen LogP contribution is -2.10. The number of hydrogen-bond donors (Lipinski definition) is 0. The molecule has 0 fully saturated rings. The van der Waals surface area contributed by atoms with Gasteiger partial charge in [0.25, 0.3) is 0 Å². The van der Waals surface area contributed by atoms with Crippen LogP contribution in [-0.4, -0.2) is 14.5 Å². The van der Waals surface area contributed by atoms with Crippen LogP contribution in [0.4, 0.5) is 4.39 Å². The van der Waals surface area contributed by atoms with Crippen molar-refractivity contribution in [3.8, 4) is 5.75 Å². The Morgan fingerprint density at radius 2 is 1.89 bits per heavy atom. The van der Waals surface area contributed by atoms with Crippen molar-refractivity contribution >= 4 is 13.3 Å². The van der Waals surface area contributed by atoms with Gasteiger partial charge in [-0.1, -0.05) is 48.8 Å². The molecule has 0 unspecified atom stereocenters. The van der Waals surface area contributed by atoms with E-state index in [2.05, 4.69) is 19.1 Å². The van der Waals surface area contributed by atoms with E-state index in [0.29, 0.717) is 17.8 Å². The molecule has 2 aromatic rings. The first-order chi connectivity index (χ1) is 8.66. The molecule has 0 saturated heterocycles. The third-order valence-electron chi connectivity index (χ3n) is 3.01. The maximum absolute atomic E-state index is 13.3. The molecule has 18 heavy (non-hydrogen) atoms. The minimum Gasteiger partial charge on any atom is -0.493 e. The quantitative estimate of drug-likeness (QED) is 0.747. The van der Waals surface area contributed by atoms with E-state index < -0.39 is 0 Å². The summed E-state index contributed by atoms with van der Waals surface area (Å²) in [6.07, 6.45) is 0. The fraction of sp³-hybridized carbons (Fsp3) is 0.200. The van der Waals surface area contributed by atoms with E-state index in [4.69, 9.17) is 4.74 Å². The Balaban J connectivity index is 1.97. The molecule has 92 valence electrons. The largest absolute Gasteiger partial charge is 0.493 e. The molecule has 0 spiro atoms. The lowest BCUT2D eigenvalue weighted by molar-refractivity contribution is 0.294. The molecule has 1 nitrogen and oxygen atoms in total. The molecule has 0 aliphatic carbocycles. The van der Waals surface area contributed by atoms with Crippen LogP contribution in [0.5, 0.6) is 5.75 Å². The highest BCUT2D eigenvalue weighted by molar-refractivity contribution is 6.32. The maximum atomic E-state index is 13.3. The predicted octanol–water partition coefficient (Wildman–Crippen LogP) is 2.27. The zero-order valence-corrected chi connectivity index (χ0v) is 10.7. The fourth-order valence-corrected chi connectivity index (χ4v) is 1.76. The molecule has 0 heterocycles. The van der Waals surface area contributed by atoms with Crippen LogP contribution in [0.1, 0.15) is 18.4 Å². The number of hydrogen-bond acceptors (Lipinski definition) is 1. The Bertz CT molecular complexity index is 513. The summed E-state index contributed by atoms with van der Waals surface area (Å²) < 4.78 is 19.0. The van der Waals surface area contributed by atoms with Gasteiger partial charge in [0, 0.05) is 12.0 Å². The SMILES string of the molecule is Bc1ccc(OC[C@@H](C)c2ccccc2)cc1F. The second-order valence-corrected chi connectivity index (χ2v) is 4.53. The van der Waals surface area contributed by atoms with Crippen LogP contribution in [-0.2, 0) is 0 Å². The smallest absolute Gasteiger partial charge is 0.143 e. The summed E-state index contributed by atoms with van der Waals surface area (Å²) in [6.45, 7) is 2.65. The van der Waals surface area contributed by atoms with Gasteiger partial charge in [-0.05, 0) is 11.6 Å². The van der Waals surface area contributed by atoms with Crippen LogP contribution in [0.3, 0.4) is 0 Å². The summed E-state index contributed by atoms with van der Waals surface area (Å²) >= 11 is 0. The van der Waals surface area contributed by atoms with Crippen molar-refractivity contribution in [2.75, 3.05) is 6.61 Å². The maximum Gasteiger partial charge on any atom is 0.143 e. The summed E-state index contributed by atoms with van der Waals surface area (Å²) in [5.74, 6) is 0.649. The molecular formula is C15H16BFO. The molecule has 2 aromatic carbocycles. The van der Waals surface area contributed by atoms with E-state index in [-0.39, 0.29) is 11.7 Å². The van der Waals surface area contributed by atoms with Crippen LogP contribution < -0.4 is 10.2 Å². The first-order valence-corrected chi connectivity index (χ1v) is 6.10. The molecule has 0 aromatic heterocycles. The first-order valence-electron chi connectivity index (χ1n) is 6.10. The molecule has 0 bridgehead atoms. The monoisotopic (exact) mass is 242 g/mol. The van der Waals surface area contributed by atoms with E-state index in [1.165, 1.54) is 11.6 Å². The van der Waals surface area contributed by atoms with Gasteiger partial charge in [0.05, 0.1) is 6.61 Å². The Morgan fingerprint density at radius 3 is 2.56 bits per heavy atom. The lowest BCUT2D eigenvalue weighted by Gasteiger charge is -2.13. The second kappa shape index (κ2) is 5.72. The molecule has 0 radical (unpaired) electrons. The molecule has 0 aliphatic rings. The van der Waals surface area contributed by atoms with Gasteiger partial charge in [0.1, 0.15) is 19.4 Å². The van der Waals surface area contributed by atoms with Gasteiger partial charge in [0.2, 0.25) is 0 Å². The highest BCUT2D eigenvalue weighted by Crippen LogP contribution is 2.17. The van der Waals surface area contributed by atoms with Crippen LogP contribution in [0.2, 0.25) is 0 Å². The van der Waals surface area contributed by atoms with Crippen molar-refractivity contribution in [3.05, 3.63) is 59.9 Å². The highest BCUT2D eigenvalue weighted by atomic mass is 19.1. The average Bonchev–Trinajstić information content (AvgIpc) is 2.41. The molecule has 0 aliphatic heterocycles. The van der Waals surface area contributed by atoms with E-state index in [1.807, 2.05) is 18.2 Å². The molecular weight excluding hydrogens is 226 g/mol. The van der Waals surface area contributed by atoms with Crippen molar-refractivity contribution in [2.45, 2.75) is 12.8 Å². The molecule has 2 rings (SSSR count). The van der Waals surface area contributed by atoms with Crippen LogP contribution >= 0.6 is 0 Å². The minimum atomic E-state index is -0.222. The third kappa shape index (κ3) is 3.13. The van der Waals surface area contributed by atoms with E-state index >= 15 is 0 Å². The topological polar surface area (TPSA) is 9.23 Å². The highest BCUT2D eigenvalue weighted by Gasteiger charge is 2.06. The summed E-state index contributed by atoms with van der Waals surface area (Å²) in [4.78, 5) is 0. The van der Waals surface area contributed by atoms with E-state index in [1.54, 1.807) is 20.0 Å². The zero-order chi connectivity index (χ0) is 13.0. The molecule has 0 amide bonds. The van der Waals surface area contributed by atoms with Crippen molar-refractivity contribution in [1.29, 1.82) is 0 Å². The first kappa shape index (κ1) is 12.7. The fourth-order valence-electron chi connectivity index (χ4n) is 1.76. The van der Waals surface area contributed by atoms with E-state index in [0.717, 1.165) is 0 Å². The van der Waals surface area contributed by atoms with Crippen molar-refractivity contribution < 1.29 is 9.13 Å². The number of halogens is 1. The van der Waals surface area contributed by atoms with Crippen molar-refractivity contribution in [2.24, 2.45) is 0 Å². The summed E-state index contributed by atoms with van der Waals surface area (Å²) in [7, 11) is 1.74. The molecule has 0 saturated carbocycles. The third-order valence-corrected chi connectivity index (χ3v) is 3.01. The van der Waals surface area contributed by atoms with Gasteiger partial charge in [0.15, 0.2) is 0 Å². The zero-order valence-electron chi connectivity index (χ0n) is 10.7. The summed E-state index contributed by atoms with van der Waals surface area (Å²) in [6, 6.07) is 15.1. The lowest BCUT2D eigenvalue weighted by atomic mass is 9.96. The Morgan fingerprint density at radius 1 is 1.17 bits per heavy atom. The van der Waals surface area contributed by atoms with Crippen molar-refractivity contribution in [3.63, 3.8) is 0 Å². The number of ether oxygens (including phenoxy) is 1. The Kier molecular flexibility index (Phi) is 4.03. The van der Waals surface area contributed by atoms with E-state index in [9.17, 15) is 4.39 Å². The van der Waals surface area contributed by atoms with Crippen LogP contribution in [0.25, 0.3) is 0 Å². The minimum absolute atomic E-state index is 0.222. The average molecular weight is 242 g/mol. The predicted molar refractivity (Wildman–Crippen MR) is 74.9 cm³/mol. The van der Waals surface area contributed by atoms with Gasteiger partial charge < -0.3 is 4.74 Å². The normalized spacial score (nSPS) is 12.1. The second-order valence-electron chi connectivity index (χ2n) is 4.53. The molecule has 0 N–H and O–H groups in total. The summed E-state index contributed by atoms with van der Waals surface area (Å²) in [5.41, 5.74) is 1.86. The standard InChI is InChI=1S/C15H16BFO/c1-11(12-5-3-2-4-6-12)10-18-13-7-8-14(16)15(17)9-13/h2-9,11H,10,16H2,1H3/t11-/m1/s1. The molecule has 3 heteroatoms. The van der Waals surface area contributed by atoms with Crippen molar-refractivity contribution in [1.82, 2.24) is 0 Å². The van der Waals surface area contributed by atoms with Gasteiger partial charge >= 0.3 is 0 Å². The molecule has 1 atom stereocenters. The van der Waals surface area contributed by atoms with Gasteiger partial charge in [-0.3, -0.25) is 0 Å². The van der Waals surface area contributed by atoms with Gasteiger partial charge in [-0.2, -0.15) is 0 Å².